The van der Waals surface area contributed by atoms with E-state index in [4.69, 9.17) is 5.73 Å². The Morgan fingerprint density at radius 2 is 2.19 bits per heavy atom. The molecule has 110 valence electrons. The molecule has 1 aromatic carbocycles. The van der Waals surface area contributed by atoms with Crippen LogP contribution in [-0.2, 0) is 0 Å². The largest absolute Gasteiger partial charge is 0.383 e. The molecule has 0 saturated carbocycles. The minimum Gasteiger partial charge on any atom is -0.383 e. The van der Waals surface area contributed by atoms with Gasteiger partial charge >= 0.3 is 0 Å². The Kier molecular flexibility index (Phi) is 4.01. The molecule has 0 radical (unpaired) electrons. The van der Waals surface area contributed by atoms with E-state index in [1.807, 2.05) is 12.1 Å². The van der Waals surface area contributed by atoms with Crippen LogP contribution in [0.25, 0.3) is 0 Å². The molecular formula is C14H16FN5S. The zero-order valence-corrected chi connectivity index (χ0v) is 12.2. The van der Waals surface area contributed by atoms with Gasteiger partial charge in [-0.15, -0.1) is 11.3 Å². The molecular weight excluding hydrogens is 289 g/mol. The van der Waals surface area contributed by atoms with E-state index >= 15 is 0 Å². The lowest BCUT2D eigenvalue weighted by atomic mass is 10.2. The molecule has 0 bridgehead atoms. The summed E-state index contributed by atoms with van der Waals surface area (Å²) in [5, 5.41) is 6.36. The van der Waals surface area contributed by atoms with E-state index in [1.165, 1.54) is 17.4 Å². The van der Waals surface area contributed by atoms with Crippen molar-refractivity contribution in [3.05, 3.63) is 35.0 Å². The van der Waals surface area contributed by atoms with Crippen LogP contribution in [0.3, 0.4) is 0 Å². The fraction of sp³-hybridized carbons (Fsp3) is 0.286. The number of nitrogen functional groups attached to an aromatic ring is 1. The molecule has 1 saturated heterocycles. The summed E-state index contributed by atoms with van der Waals surface area (Å²) < 4.78 is 14.1. The Bertz CT molecular complexity index is 649. The van der Waals surface area contributed by atoms with Gasteiger partial charge in [0.15, 0.2) is 0 Å². The van der Waals surface area contributed by atoms with Gasteiger partial charge in [0.2, 0.25) is 5.13 Å². The highest BCUT2D eigenvalue weighted by Gasteiger charge is 2.15. The quantitative estimate of drug-likeness (QED) is 0.673. The zero-order chi connectivity index (χ0) is 14.7. The highest BCUT2D eigenvalue weighted by atomic mass is 32.1. The summed E-state index contributed by atoms with van der Waals surface area (Å²) in [4.78, 5) is 6.09. The van der Waals surface area contributed by atoms with Crippen LogP contribution in [-0.4, -0.2) is 24.3 Å². The van der Waals surface area contributed by atoms with Crippen molar-refractivity contribution in [2.75, 3.05) is 29.1 Å². The minimum absolute atomic E-state index is 0.209. The number of hydrazone groups is 1. The summed E-state index contributed by atoms with van der Waals surface area (Å²) in [5.74, 6) is 0.248. The van der Waals surface area contributed by atoms with Crippen LogP contribution in [0.2, 0.25) is 0 Å². The van der Waals surface area contributed by atoms with Crippen LogP contribution in [0.5, 0.6) is 0 Å². The number of hydrogen-bond donors (Lipinski definition) is 2. The van der Waals surface area contributed by atoms with Crippen LogP contribution >= 0.6 is 11.3 Å². The highest BCUT2D eigenvalue weighted by molar-refractivity contribution is 7.14. The number of nitrogens with zero attached hydrogens (tertiary/aromatic N) is 3. The van der Waals surface area contributed by atoms with Crippen LogP contribution in [0.1, 0.15) is 18.4 Å². The standard InChI is InChI=1S/C14H16FN5S/c15-11-7-10(3-4-12(11)20-5-1-2-6-20)8-17-19-14-18-13(16)9-21-14/h3-4,7-9H,1-2,5-6,16H2,(H,18,19). The van der Waals surface area contributed by atoms with Gasteiger partial charge < -0.3 is 10.6 Å². The molecule has 7 heteroatoms. The van der Waals surface area contributed by atoms with Crippen LogP contribution in [0.15, 0.2) is 28.7 Å². The summed E-state index contributed by atoms with van der Waals surface area (Å²) in [6.07, 6.45) is 3.82. The Labute approximate surface area is 126 Å². The van der Waals surface area contributed by atoms with Gasteiger partial charge in [-0.1, -0.05) is 6.07 Å². The van der Waals surface area contributed by atoms with Crippen LogP contribution in [0, 0.1) is 5.82 Å². The summed E-state index contributed by atoms with van der Waals surface area (Å²) in [6, 6.07) is 5.16. The van der Waals surface area contributed by atoms with E-state index in [2.05, 4.69) is 20.4 Å². The number of aromatic nitrogens is 1. The lowest BCUT2D eigenvalue weighted by Crippen LogP contribution is -2.18. The lowest BCUT2D eigenvalue weighted by Gasteiger charge is -2.18. The minimum atomic E-state index is -0.209. The van der Waals surface area contributed by atoms with Gasteiger partial charge in [0.25, 0.3) is 0 Å². The summed E-state index contributed by atoms with van der Waals surface area (Å²) >= 11 is 1.37. The average Bonchev–Trinajstić information content (AvgIpc) is 3.11. The SMILES string of the molecule is Nc1csc(NN=Cc2ccc(N3CCCC3)c(F)c2)n1. The van der Waals surface area contributed by atoms with Gasteiger partial charge in [-0.25, -0.2) is 9.37 Å². The maximum atomic E-state index is 14.1. The van der Waals surface area contributed by atoms with Crippen LogP contribution < -0.4 is 16.1 Å². The number of thiazole rings is 1. The van der Waals surface area contributed by atoms with E-state index in [9.17, 15) is 4.39 Å². The maximum absolute atomic E-state index is 14.1. The second-order valence-electron chi connectivity index (χ2n) is 4.85. The summed E-state index contributed by atoms with van der Waals surface area (Å²) in [7, 11) is 0. The van der Waals surface area contributed by atoms with Gasteiger partial charge in [-0.05, 0) is 30.5 Å². The van der Waals surface area contributed by atoms with Gasteiger partial charge in [-0.3, -0.25) is 5.43 Å². The Morgan fingerprint density at radius 3 is 2.86 bits per heavy atom. The zero-order valence-electron chi connectivity index (χ0n) is 11.4. The van der Waals surface area contributed by atoms with E-state index in [1.54, 1.807) is 11.6 Å². The predicted molar refractivity (Wildman–Crippen MR) is 85.6 cm³/mol. The Morgan fingerprint density at radius 1 is 1.38 bits per heavy atom. The third-order valence-electron chi connectivity index (χ3n) is 3.31. The fourth-order valence-electron chi connectivity index (χ4n) is 2.32. The molecule has 0 aliphatic carbocycles. The van der Waals surface area contributed by atoms with Crippen molar-refractivity contribution in [3.63, 3.8) is 0 Å². The lowest BCUT2D eigenvalue weighted by molar-refractivity contribution is 0.623. The third kappa shape index (κ3) is 3.30. The maximum Gasteiger partial charge on any atom is 0.205 e. The number of hydrogen-bond acceptors (Lipinski definition) is 6. The van der Waals surface area contributed by atoms with Crippen molar-refractivity contribution in [3.8, 4) is 0 Å². The highest BCUT2D eigenvalue weighted by Crippen LogP contribution is 2.24. The summed E-state index contributed by atoms with van der Waals surface area (Å²) in [5.41, 5.74) is 9.65. The molecule has 3 N–H and O–H groups in total. The van der Waals surface area contributed by atoms with Crippen LogP contribution in [0.4, 0.5) is 21.0 Å². The Balaban J connectivity index is 1.67. The van der Waals surface area contributed by atoms with E-state index in [0.717, 1.165) is 25.9 Å². The first-order chi connectivity index (χ1) is 10.2. The van der Waals surface area contributed by atoms with E-state index in [0.29, 0.717) is 22.2 Å². The molecule has 3 rings (SSSR count). The normalized spacial score (nSPS) is 15.0. The molecule has 1 aromatic heterocycles. The predicted octanol–water partition coefficient (Wildman–Crippen LogP) is 2.91. The third-order valence-corrected chi connectivity index (χ3v) is 4.08. The molecule has 5 nitrogen and oxygen atoms in total. The number of rotatable bonds is 4. The average molecular weight is 305 g/mol. The molecule has 1 aliphatic heterocycles. The number of nitrogens with two attached hydrogens (primary N) is 1. The second-order valence-corrected chi connectivity index (χ2v) is 5.71. The van der Waals surface area contributed by atoms with Crippen molar-refractivity contribution in [2.24, 2.45) is 5.10 Å². The van der Waals surface area contributed by atoms with Crippen molar-refractivity contribution < 1.29 is 4.39 Å². The smallest absolute Gasteiger partial charge is 0.205 e. The number of anilines is 3. The van der Waals surface area contributed by atoms with Gasteiger partial charge in [0.1, 0.15) is 11.6 Å². The molecule has 2 aromatic rings. The second kappa shape index (κ2) is 6.09. The van der Waals surface area contributed by atoms with Crippen molar-refractivity contribution in [2.45, 2.75) is 12.8 Å². The first-order valence-electron chi connectivity index (χ1n) is 6.77. The molecule has 1 fully saturated rings. The fourth-order valence-corrected chi connectivity index (χ4v) is 2.87. The van der Waals surface area contributed by atoms with E-state index < -0.39 is 0 Å². The van der Waals surface area contributed by atoms with Crippen molar-refractivity contribution in [1.29, 1.82) is 0 Å². The van der Waals surface area contributed by atoms with E-state index in [-0.39, 0.29) is 5.82 Å². The van der Waals surface area contributed by atoms with Crippen molar-refractivity contribution in [1.82, 2.24) is 4.98 Å². The first-order valence-corrected chi connectivity index (χ1v) is 7.65. The first kappa shape index (κ1) is 13.8. The summed E-state index contributed by atoms with van der Waals surface area (Å²) in [6.45, 7) is 1.86. The monoisotopic (exact) mass is 305 g/mol. The van der Waals surface area contributed by atoms with Gasteiger partial charge in [0, 0.05) is 18.5 Å². The molecule has 1 aliphatic rings. The number of nitrogens with one attached hydrogen (secondary N) is 1. The molecule has 0 amide bonds. The molecule has 21 heavy (non-hydrogen) atoms. The number of halogens is 1. The topological polar surface area (TPSA) is 66.5 Å². The number of benzene rings is 1. The Hall–Kier alpha value is -2.15. The van der Waals surface area contributed by atoms with Gasteiger partial charge in [0.05, 0.1) is 11.9 Å². The molecule has 0 spiro atoms. The van der Waals surface area contributed by atoms with Gasteiger partial charge in [-0.2, -0.15) is 5.10 Å². The molecule has 0 unspecified atom stereocenters. The van der Waals surface area contributed by atoms with Crippen molar-refractivity contribution >= 4 is 34.2 Å². The molecule has 2 heterocycles. The molecule has 0 atom stereocenters.